The van der Waals surface area contributed by atoms with Gasteiger partial charge in [0.15, 0.2) is 0 Å². The van der Waals surface area contributed by atoms with Crippen molar-refractivity contribution >= 4 is 5.91 Å². The van der Waals surface area contributed by atoms with Crippen LogP contribution in [0.4, 0.5) is 0 Å². The Kier molecular flexibility index (Phi) is 7.45. The van der Waals surface area contributed by atoms with Crippen LogP contribution in [0.3, 0.4) is 0 Å². The van der Waals surface area contributed by atoms with Crippen molar-refractivity contribution in [2.45, 2.75) is 58.3 Å². The molecule has 2 fully saturated rings. The van der Waals surface area contributed by atoms with E-state index in [1.165, 1.54) is 61.2 Å². The van der Waals surface area contributed by atoms with Gasteiger partial charge in [-0.25, -0.2) is 0 Å². The minimum Gasteiger partial charge on any atom is -0.343 e. The molecule has 0 bridgehead atoms. The maximum atomic E-state index is 13.4. The van der Waals surface area contributed by atoms with Crippen LogP contribution in [0.15, 0.2) is 48.5 Å². The number of rotatable bonds is 6. The molecule has 1 amide bonds. The number of carbonyl (C=O) groups is 1. The summed E-state index contributed by atoms with van der Waals surface area (Å²) >= 11 is 0. The van der Waals surface area contributed by atoms with Crippen LogP contribution in [-0.4, -0.2) is 48.4 Å². The number of likely N-dealkylation sites (tertiary alicyclic amines) is 2. The largest absolute Gasteiger partial charge is 0.343 e. The van der Waals surface area contributed by atoms with Crippen molar-refractivity contribution in [3.8, 4) is 0 Å². The molecule has 0 aromatic heterocycles. The monoisotopic (exact) mass is 418 g/mol. The van der Waals surface area contributed by atoms with Gasteiger partial charge in [0, 0.05) is 32.0 Å². The SMILES string of the molecule is Cc1ccccc1C(CC(=O)N1CCC(CN2CCCCC2)CC1)c1ccccc1C. The molecule has 0 aliphatic carbocycles. The summed E-state index contributed by atoms with van der Waals surface area (Å²) in [6, 6.07) is 17.1. The molecule has 0 unspecified atom stereocenters. The number of aryl methyl sites for hydroxylation is 2. The highest BCUT2D eigenvalue weighted by atomic mass is 16.2. The van der Waals surface area contributed by atoms with E-state index in [0.717, 1.165) is 31.8 Å². The van der Waals surface area contributed by atoms with E-state index in [-0.39, 0.29) is 5.92 Å². The Bertz CT molecular complexity index is 817. The normalized spacial score (nSPS) is 18.5. The molecule has 0 N–H and O–H groups in total. The number of piperidine rings is 2. The number of benzene rings is 2. The van der Waals surface area contributed by atoms with Crippen LogP contribution in [0.5, 0.6) is 0 Å². The maximum absolute atomic E-state index is 13.4. The first kappa shape index (κ1) is 22.1. The first-order chi connectivity index (χ1) is 15.1. The van der Waals surface area contributed by atoms with Gasteiger partial charge in [-0.15, -0.1) is 0 Å². The average Bonchev–Trinajstić information content (AvgIpc) is 2.80. The highest BCUT2D eigenvalue weighted by Gasteiger charge is 2.28. The summed E-state index contributed by atoms with van der Waals surface area (Å²) in [6.07, 6.45) is 6.98. The lowest BCUT2D eigenvalue weighted by atomic mass is 9.83. The standard InChI is InChI=1S/C28H38N2O/c1-22-10-4-6-12-25(22)27(26-13-7-5-11-23(26)2)20-28(31)30-18-14-24(15-19-30)21-29-16-8-3-9-17-29/h4-7,10-13,24,27H,3,8-9,14-21H2,1-2H3. The first-order valence-electron chi connectivity index (χ1n) is 12.2. The minimum absolute atomic E-state index is 0.126. The molecule has 3 nitrogen and oxygen atoms in total. The molecule has 4 rings (SSSR count). The second-order valence-electron chi connectivity index (χ2n) is 9.66. The van der Waals surface area contributed by atoms with E-state index in [0.29, 0.717) is 12.3 Å². The Morgan fingerprint density at radius 2 is 1.39 bits per heavy atom. The molecule has 0 spiro atoms. The fourth-order valence-corrected chi connectivity index (χ4v) is 5.52. The van der Waals surface area contributed by atoms with E-state index in [4.69, 9.17) is 0 Å². The van der Waals surface area contributed by atoms with Crippen LogP contribution in [0.2, 0.25) is 0 Å². The summed E-state index contributed by atoms with van der Waals surface area (Å²) in [5, 5.41) is 0. The summed E-state index contributed by atoms with van der Waals surface area (Å²) in [4.78, 5) is 18.2. The lowest BCUT2D eigenvalue weighted by Crippen LogP contribution is -2.43. The van der Waals surface area contributed by atoms with E-state index < -0.39 is 0 Å². The molecule has 2 aliphatic heterocycles. The molecular weight excluding hydrogens is 380 g/mol. The van der Waals surface area contributed by atoms with Gasteiger partial charge < -0.3 is 9.80 Å². The van der Waals surface area contributed by atoms with E-state index in [2.05, 4.69) is 72.2 Å². The van der Waals surface area contributed by atoms with Crippen LogP contribution >= 0.6 is 0 Å². The maximum Gasteiger partial charge on any atom is 0.223 e. The van der Waals surface area contributed by atoms with Gasteiger partial charge in [0.25, 0.3) is 0 Å². The summed E-state index contributed by atoms with van der Waals surface area (Å²) in [7, 11) is 0. The van der Waals surface area contributed by atoms with Crippen molar-refractivity contribution in [1.29, 1.82) is 0 Å². The van der Waals surface area contributed by atoms with Crippen molar-refractivity contribution in [2.24, 2.45) is 5.92 Å². The Morgan fingerprint density at radius 3 is 1.94 bits per heavy atom. The molecule has 0 atom stereocenters. The molecule has 2 aromatic carbocycles. The van der Waals surface area contributed by atoms with Gasteiger partial charge in [0.05, 0.1) is 0 Å². The molecule has 2 heterocycles. The molecule has 2 aromatic rings. The number of nitrogens with zero attached hydrogens (tertiary/aromatic N) is 2. The van der Waals surface area contributed by atoms with Gasteiger partial charge in [0.2, 0.25) is 5.91 Å². The van der Waals surface area contributed by atoms with Crippen LogP contribution in [0.25, 0.3) is 0 Å². The van der Waals surface area contributed by atoms with Gasteiger partial charge in [-0.05, 0) is 80.8 Å². The van der Waals surface area contributed by atoms with Gasteiger partial charge in [0.1, 0.15) is 0 Å². The molecule has 166 valence electrons. The average molecular weight is 419 g/mol. The Hall–Kier alpha value is -2.13. The lowest BCUT2D eigenvalue weighted by molar-refractivity contribution is -0.132. The third kappa shape index (κ3) is 5.57. The Balaban J connectivity index is 1.41. The van der Waals surface area contributed by atoms with Gasteiger partial charge >= 0.3 is 0 Å². The summed E-state index contributed by atoms with van der Waals surface area (Å²) < 4.78 is 0. The second-order valence-corrected chi connectivity index (χ2v) is 9.66. The predicted molar refractivity (Wildman–Crippen MR) is 128 cm³/mol. The van der Waals surface area contributed by atoms with E-state index in [1.54, 1.807) is 0 Å². The van der Waals surface area contributed by atoms with Crippen molar-refractivity contribution < 1.29 is 4.79 Å². The van der Waals surface area contributed by atoms with E-state index in [1.807, 2.05) is 0 Å². The first-order valence-corrected chi connectivity index (χ1v) is 12.2. The van der Waals surface area contributed by atoms with Crippen molar-refractivity contribution in [1.82, 2.24) is 9.80 Å². The molecule has 0 radical (unpaired) electrons. The lowest BCUT2D eigenvalue weighted by Gasteiger charge is -2.36. The molecule has 0 saturated carbocycles. The van der Waals surface area contributed by atoms with E-state index in [9.17, 15) is 4.79 Å². The molecular formula is C28H38N2O. The third-order valence-electron chi connectivity index (χ3n) is 7.44. The van der Waals surface area contributed by atoms with Crippen LogP contribution in [-0.2, 0) is 4.79 Å². The predicted octanol–water partition coefficient (Wildman–Crippen LogP) is 5.55. The Labute approximate surface area is 188 Å². The van der Waals surface area contributed by atoms with Gasteiger partial charge in [-0.3, -0.25) is 4.79 Å². The Morgan fingerprint density at radius 1 is 0.839 bits per heavy atom. The van der Waals surface area contributed by atoms with Crippen molar-refractivity contribution in [3.63, 3.8) is 0 Å². The highest BCUT2D eigenvalue weighted by Crippen LogP contribution is 2.33. The smallest absolute Gasteiger partial charge is 0.223 e. The van der Waals surface area contributed by atoms with Crippen molar-refractivity contribution in [3.05, 3.63) is 70.8 Å². The summed E-state index contributed by atoms with van der Waals surface area (Å²) in [6.45, 7) is 9.95. The molecule has 2 saturated heterocycles. The van der Waals surface area contributed by atoms with Gasteiger partial charge in [-0.2, -0.15) is 0 Å². The quantitative estimate of drug-likeness (QED) is 0.614. The fraction of sp³-hybridized carbons (Fsp3) is 0.536. The highest BCUT2D eigenvalue weighted by molar-refractivity contribution is 5.78. The molecule has 3 heteroatoms. The zero-order valence-corrected chi connectivity index (χ0v) is 19.4. The molecule has 31 heavy (non-hydrogen) atoms. The zero-order chi connectivity index (χ0) is 21.6. The second kappa shape index (κ2) is 10.5. The van der Waals surface area contributed by atoms with Crippen LogP contribution in [0, 0.1) is 19.8 Å². The summed E-state index contributed by atoms with van der Waals surface area (Å²) in [5.41, 5.74) is 5.10. The summed E-state index contributed by atoms with van der Waals surface area (Å²) in [5.74, 6) is 1.19. The molecule has 2 aliphatic rings. The van der Waals surface area contributed by atoms with E-state index >= 15 is 0 Å². The number of hydrogen-bond acceptors (Lipinski definition) is 2. The third-order valence-corrected chi connectivity index (χ3v) is 7.44. The van der Waals surface area contributed by atoms with Crippen molar-refractivity contribution in [2.75, 3.05) is 32.7 Å². The fourth-order valence-electron chi connectivity index (χ4n) is 5.52. The zero-order valence-electron chi connectivity index (χ0n) is 19.4. The number of carbonyl (C=O) groups excluding carboxylic acids is 1. The number of amides is 1. The van der Waals surface area contributed by atoms with Crippen LogP contribution in [0.1, 0.15) is 66.7 Å². The minimum atomic E-state index is 0.126. The van der Waals surface area contributed by atoms with Crippen LogP contribution < -0.4 is 0 Å². The topological polar surface area (TPSA) is 23.6 Å². The van der Waals surface area contributed by atoms with Gasteiger partial charge in [-0.1, -0.05) is 55.0 Å². The number of hydrogen-bond donors (Lipinski definition) is 0.